The number of nitrogens with one attached hydrogen (secondary N) is 2. The lowest BCUT2D eigenvalue weighted by molar-refractivity contribution is 0.102. The Morgan fingerprint density at radius 3 is 2.81 bits per heavy atom. The van der Waals surface area contributed by atoms with Crippen LogP contribution in [-0.2, 0) is 4.74 Å². The second kappa shape index (κ2) is 4.90. The van der Waals surface area contributed by atoms with Crippen LogP contribution in [0.5, 0.6) is 0 Å². The lowest BCUT2D eigenvalue weighted by atomic mass is 9.96. The van der Waals surface area contributed by atoms with E-state index in [1.54, 1.807) is 0 Å². The van der Waals surface area contributed by atoms with Crippen LogP contribution in [0.25, 0.3) is 5.95 Å². The molecule has 10 nitrogen and oxygen atoms in total. The van der Waals surface area contributed by atoms with Gasteiger partial charge in [0.25, 0.3) is 5.95 Å². The van der Waals surface area contributed by atoms with Crippen LogP contribution in [0, 0.1) is 0 Å². The first-order chi connectivity index (χ1) is 10.3. The highest BCUT2D eigenvalue weighted by atomic mass is 16.5. The van der Waals surface area contributed by atoms with Crippen molar-refractivity contribution in [1.29, 1.82) is 0 Å². The Kier molecular flexibility index (Phi) is 2.89. The van der Waals surface area contributed by atoms with E-state index in [1.807, 2.05) is 0 Å². The van der Waals surface area contributed by atoms with E-state index in [1.165, 1.54) is 17.3 Å². The molecule has 0 amide bonds. The Morgan fingerprint density at radius 2 is 2.14 bits per heavy atom. The fourth-order valence-electron chi connectivity index (χ4n) is 2.86. The van der Waals surface area contributed by atoms with Gasteiger partial charge in [-0.1, -0.05) is 0 Å². The number of fused-ring (bicyclic) bond motifs is 2. The summed E-state index contributed by atoms with van der Waals surface area (Å²) in [6.07, 6.45) is 6.70. The predicted octanol–water partition coefficient (Wildman–Crippen LogP) is -0.530. The molecule has 3 unspecified atom stereocenters. The van der Waals surface area contributed by atoms with Crippen LogP contribution in [0.15, 0.2) is 12.7 Å². The van der Waals surface area contributed by atoms with E-state index >= 15 is 0 Å². The summed E-state index contributed by atoms with van der Waals surface area (Å²) < 4.78 is 7.26. The van der Waals surface area contributed by atoms with Gasteiger partial charge >= 0.3 is 0 Å². The first-order valence-electron chi connectivity index (χ1n) is 6.81. The Morgan fingerprint density at radius 1 is 1.24 bits per heavy atom. The van der Waals surface area contributed by atoms with Crippen LogP contribution in [0.2, 0.25) is 0 Å². The average molecular weight is 289 g/mol. The second-order valence-electron chi connectivity index (χ2n) is 5.13. The lowest BCUT2D eigenvalue weighted by Gasteiger charge is -2.20. The van der Waals surface area contributed by atoms with Gasteiger partial charge in [0, 0.05) is 0 Å². The third kappa shape index (κ3) is 2.28. The maximum atomic E-state index is 5.81. The normalized spacial score (nSPS) is 27.0. The van der Waals surface area contributed by atoms with Gasteiger partial charge in [-0.25, -0.2) is 10.8 Å². The Balaban J connectivity index is 1.61. The number of anilines is 2. The quantitative estimate of drug-likeness (QED) is 0.502. The fraction of sp³-hybridized carbons (Fsp3) is 0.545. The minimum atomic E-state index is 0.223. The van der Waals surface area contributed by atoms with E-state index in [2.05, 4.69) is 35.8 Å². The SMILES string of the molecule is NNc1nc(NC2CC3CCC2O3)nc(-n2cncn2)n1. The van der Waals surface area contributed by atoms with Crippen molar-refractivity contribution in [3.8, 4) is 5.95 Å². The molecule has 4 heterocycles. The number of ether oxygens (including phenoxy) is 1. The van der Waals surface area contributed by atoms with Gasteiger partial charge in [-0.15, -0.1) is 0 Å². The number of nitrogens with two attached hydrogens (primary N) is 1. The summed E-state index contributed by atoms with van der Waals surface area (Å²) in [5.41, 5.74) is 2.43. The van der Waals surface area contributed by atoms with Crippen LogP contribution >= 0.6 is 0 Å². The van der Waals surface area contributed by atoms with Crippen LogP contribution in [0.1, 0.15) is 19.3 Å². The largest absolute Gasteiger partial charge is 0.373 e. The maximum Gasteiger partial charge on any atom is 0.258 e. The molecule has 3 atom stereocenters. The molecule has 0 spiro atoms. The van der Waals surface area contributed by atoms with Gasteiger partial charge in [-0.3, -0.25) is 5.43 Å². The van der Waals surface area contributed by atoms with E-state index in [0.29, 0.717) is 18.0 Å². The number of nitrogens with zero attached hydrogens (tertiary/aromatic N) is 6. The van der Waals surface area contributed by atoms with E-state index in [-0.39, 0.29) is 18.1 Å². The molecule has 2 aliphatic heterocycles. The van der Waals surface area contributed by atoms with Crippen molar-refractivity contribution in [1.82, 2.24) is 29.7 Å². The summed E-state index contributed by atoms with van der Waals surface area (Å²) in [5.74, 6) is 6.47. The zero-order valence-electron chi connectivity index (χ0n) is 11.2. The number of hydrazine groups is 1. The first kappa shape index (κ1) is 12.4. The molecule has 0 saturated carbocycles. The minimum absolute atomic E-state index is 0.223. The summed E-state index contributed by atoms with van der Waals surface area (Å²) in [7, 11) is 0. The molecule has 21 heavy (non-hydrogen) atoms. The Hall–Kier alpha value is -2.33. The van der Waals surface area contributed by atoms with Gasteiger partial charge in [-0.05, 0) is 19.3 Å². The van der Waals surface area contributed by atoms with Crippen molar-refractivity contribution in [3.63, 3.8) is 0 Å². The molecule has 10 heteroatoms. The highest BCUT2D eigenvalue weighted by molar-refractivity contribution is 5.38. The summed E-state index contributed by atoms with van der Waals surface area (Å²) >= 11 is 0. The van der Waals surface area contributed by atoms with Crippen molar-refractivity contribution in [2.75, 3.05) is 10.7 Å². The molecule has 2 saturated heterocycles. The van der Waals surface area contributed by atoms with Crippen molar-refractivity contribution in [3.05, 3.63) is 12.7 Å². The molecule has 2 aliphatic rings. The van der Waals surface area contributed by atoms with Crippen molar-refractivity contribution < 1.29 is 4.74 Å². The molecule has 4 N–H and O–H groups in total. The third-order valence-electron chi connectivity index (χ3n) is 3.80. The summed E-state index contributed by atoms with van der Waals surface area (Å²) in [6, 6.07) is 0.223. The van der Waals surface area contributed by atoms with Gasteiger partial charge in [0.05, 0.1) is 18.2 Å². The Bertz CT molecular complexity index is 631. The van der Waals surface area contributed by atoms with E-state index in [9.17, 15) is 0 Å². The fourth-order valence-corrected chi connectivity index (χ4v) is 2.86. The second-order valence-corrected chi connectivity index (χ2v) is 5.13. The van der Waals surface area contributed by atoms with Crippen LogP contribution in [0.4, 0.5) is 11.9 Å². The third-order valence-corrected chi connectivity index (χ3v) is 3.80. The molecule has 0 aliphatic carbocycles. The number of hydrogen-bond donors (Lipinski definition) is 3. The van der Waals surface area contributed by atoms with Gasteiger partial charge < -0.3 is 10.1 Å². The van der Waals surface area contributed by atoms with E-state index in [0.717, 1.165) is 19.3 Å². The molecule has 2 aromatic heterocycles. The molecule has 2 aromatic rings. The van der Waals surface area contributed by atoms with Gasteiger partial charge in [0.1, 0.15) is 12.7 Å². The molecule has 2 fully saturated rings. The zero-order chi connectivity index (χ0) is 14.2. The topological polar surface area (TPSA) is 129 Å². The number of hydrogen-bond acceptors (Lipinski definition) is 9. The first-order valence-corrected chi connectivity index (χ1v) is 6.81. The molecular formula is C11H15N9O. The number of aromatic nitrogens is 6. The van der Waals surface area contributed by atoms with Gasteiger partial charge in [0.15, 0.2) is 0 Å². The monoisotopic (exact) mass is 289 g/mol. The van der Waals surface area contributed by atoms with Crippen molar-refractivity contribution in [2.45, 2.75) is 37.5 Å². The van der Waals surface area contributed by atoms with E-state index < -0.39 is 0 Å². The molecule has 4 rings (SSSR count). The molecule has 0 aromatic carbocycles. The number of nitrogen functional groups attached to an aromatic ring is 1. The van der Waals surface area contributed by atoms with Crippen LogP contribution in [0.3, 0.4) is 0 Å². The van der Waals surface area contributed by atoms with Crippen LogP contribution < -0.4 is 16.6 Å². The average Bonchev–Trinajstić information content (AvgIpc) is 3.24. The maximum absolute atomic E-state index is 5.81. The summed E-state index contributed by atoms with van der Waals surface area (Å²) in [5, 5.41) is 7.31. The summed E-state index contributed by atoms with van der Waals surface area (Å²) in [4.78, 5) is 16.6. The molecule has 0 radical (unpaired) electrons. The van der Waals surface area contributed by atoms with Gasteiger partial charge in [0.2, 0.25) is 11.9 Å². The molecular weight excluding hydrogens is 274 g/mol. The lowest BCUT2D eigenvalue weighted by Crippen LogP contribution is -2.31. The minimum Gasteiger partial charge on any atom is -0.373 e. The summed E-state index contributed by atoms with van der Waals surface area (Å²) in [6.45, 7) is 0. The van der Waals surface area contributed by atoms with E-state index in [4.69, 9.17) is 10.6 Å². The van der Waals surface area contributed by atoms with Gasteiger partial charge in [-0.2, -0.15) is 24.7 Å². The smallest absolute Gasteiger partial charge is 0.258 e. The van der Waals surface area contributed by atoms with Crippen molar-refractivity contribution >= 4 is 11.9 Å². The standard InChI is InChI=1S/C11H15N9O/c12-19-10-16-9(15-7-3-6-1-2-8(7)21-6)17-11(18-10)20-5-13-4-14-20/h4-8H,1-3,12H2,(H2,15,16,17,18,19). The molecule has 2 bridgehead atoms. The number of rotatable bonds is 4. The predicted molar refractivity (Wildman–Crippen MR) is 72.5 cm³/mol. The Labute approximate surface area is 120 Å². The molecule has 110 valence electrons. The highest BCUT2D eigenvalue weighted by Crippen LogP contribution is 2.35. The van der Waals surface area contributed by atoms with Crippen molar-refractivity contribution in [2.24, 2.45) is 5.84 Å². The highest BCUT2D eigenvalue weighted by Gasteiger charge is 2.41. The zero-order valence-corrected chi connectivity index (χ0v) is 11.2. The van der Waals surface area contributed by atoms with Crippen LogP contribution in [-0.4, -0.2) is 48.0 Å².